The summed E-state index contributed by atoms with van der Waals surface area (Å²) in [7, 11) is 0. The number of halogens is 1. The van der Waals surface area contributed by atoms with Gasteiger partial charge in [-0.2, -0.15) is 0 Å². The van der Waals surface area contributed by atoms with Gasteiger partial charge in [0.1, 0.15) is 5.75 Å². The average molecular weight is 326 g/mol. The highest BCUT2D eigenvalue weighted by molar-refractivity contribution is 14.1. The van der Waals surface area contributed by atoms with Crippen molar-refractivity contribution in [1.82, 2.24) is 0 Å². The Bertz CT molecular complexity index is 515. The topological polar surface area (TPSA) is 43.4 Å². The molecular weight excluding hydrogens is 319 g/mol. The molecule has 0 atom stereocenters. The summed E-state index contributed by atoms with van der Waals surface area (Å²) in [5, 5.41) is 0. The van der Waals surface area contributed by atoms with Crippen molar-refractivity contribution in [3.63, 3.8) is 0 Å². The maximum atomic E-state index is 11.4. The first kappa shape index (κ1) is 11.1. The molecule has 0 bridgehead atoms. The standard InChI is InChI=1S/C12H7IO3/c13-8-2-1-3-10(6-8)16-12-7-9(14)4-5-11(12)15/h1-7H. The van der Waals surface area contributed by atoms with Crippen LogP contribution >= 0.6 is 22.6 Å². The molecule has 16 heavy (non-hydrogen) atoms. The van der Waals surface area contributed by atoms with Gasteiger partial charge in [-0.15, -0.1) is 0 Å². The van der Waals surface area contributed by atoms with Gasteiger partial charge >= 0.3 is 0 Å². The molecule has 1 aromatic rings. The fraction of sp³-hybridized carbons (Fsp3) is 0. The molecule has 0 unspecified atom stereocenters. The summed E-state index contributed by atoms with van der Waals surface area (Å²) >= 11 is 2.14. The van der Waals surface area contributed by atoms with E-state index in [1.807, 2.05) is 12.1 Å². The molecule has 0 radical (unpaired) electrons. The van der Waals surface area contributed by atoms with E-state index in [1.165, 1.54) is 18.2 Å². The smallest absolute Gasteiger partial charge is 0.221 e. The summed E-state index contributed by atoms with van der Waals surface area (Å²) in [5.74, 6) is 0.0859. The Morgan fingerprint density at radius 1 is 1.12 bits per heavy atom. The summed E-state index contributed by atoms with van der Waals surface area (Å²) in [4.78, 5) is 22.5. The van der Waals surface area contributed by atoms with Crippen molar-refractivity contribution >= 4 is 34.2 Å². The van der Waals surface area contributed by atoms with Crippen LogP contribution in [0, 0.1) is 3.57 Å². The number of rotatable bonds is 2. The molecule has 0 N–H and O–H groups in total. The van der Waals surface area contributed by atoms with E-state index in [9.17, 15) is 9.59 Å². The van der Waals surface area contributed by atoms with Gasteiger partial charge in [0.25, 0.3) is 0 Å². The van der Waals surface area contributed by atoms with E-state index in [-0.39, 0.29) is 17.3 Å². The Morgan fingerprint density at radius 3 is 2.69 bits per heavy atom. The number of benzene rings is 1. The highest BCUT2D eigenvalue weighted by Crippen LogP contribution is 2.18. The summed E-state index contributed by atoms with van der Waals surface area (Å²) in [6, 6.07) is 7.26. The molecule has 0 heterocycles. The summed E-state index contributed by atoms with van der Waals surface area (Å²) in [6.07, 6.45) is 3.64. The molecule has 1 aliphatic rings. The maximum Gasteiger partial charge on any atom is 0.221 e. The minimum Gasteiger partial charge on any atom is -0.453 e. The fourth-order valence-corrected chi connectivity index (χ4v) is 1.74. The van der Waals surface area contributed by atoms with E-state index in [0.717, 1.165) is 3.57 Å². The monoisotopic (exact) mass is 326 g/mol. The highest BCUT2D eigenvalue weighted by Gasteiger charge is 2.15. The van der Waals surface area contributed by atoms with Crippen molar-refractivity contribution in [3.8, 4) is 5.75 Å². The van der Waals surface area contributed by atoms with Crippen molar-refractivity contribution < 1.29 is 14.3 Å². The normalized spacial score (nSPS) is 14.9. The average Bonchev–Trinajstić information content (AvgIpc) is 2.24. The lowest BCUT2D eigenvalue weighted by Crippen LogP contribution is -2.12. The molecule has 0 fully saturated rings. The molecule has 1 aliphatic carbocycles. The Morgan fingerprint density at radius 2 is 1.94 bits per heavy atom. The van der Waals surface area contributed by atoms with Gasteiger partial charge in [-0.1, -0.05) is 6.07 Å². The lowest BCUT2D eigenvalue weighted by Gasteiger charge is -2.09. The van der Waals surface area contributed by atoms with Gasteiger partial charge in [-0.05, 0) is 52.9 Å². The predicted octanol–water partition coefficient (Wildman–Crippen LogP) is 2.26. The van der Waals surface area contributed by atoms with Gasteiger partial charge in [-0.25, -0.2) is 0 Å². The van der Waals surface area contributed by atoms with Gasteiger partial charge in [0.15, 0.2) is 11.5 Å². The van der Waals surface area contributed by atoms with Crippen molar-refractivity contribution in [2.45, 2.75) is 0 Å². The number of allylic oxidation sites excluding steroid dienone is 3. The molecule has 0 aliphatic heterocycles. The van der Waals surface area contributed by atoms with Crippen LogP contribution in [0.4, 0.5) is 0 Å². The molecule has 0 amide bonds. The lowest BCUT2D eigenvalue weighted by molar-refractivity contribution is -0.116. The molecule has 2 rings (SSSR count). The van der Waals surface area contributed by atoms with Crippen LogP contribution in [0.5, 0.6) is 5.75 Å². The number of carbonyl (C=O) groups is 2. The Hall–Kier alpha value is -1.43. The van der Waals surface area contributed by atoms with Crippen LogP contribution in [0.25, 0.3) is 0 Å². The van der Waals surface area contributed by atoms with Crippen molar-refractivity contribution in [2.75, 3.05) is 0 Å². The van der Waals surface area contributed by atoms with Crippen LogP contribution in [0.1, 0.15) is 0 Å². The number of carbonyl (C=O) groups excluding carboxylic acids is 2. The van der Waals surface area contributed by atoms with E-state index in [2.05, 4.69) is 22.6 Å². The fourth-order valence-electron chi connectivity index (χ4n) is 1.23. The number of ether oxygens (including phenoxy) is 1. The molecule has 4 heteroatoms. The van der Waals surface area contributed by atoms with Gasteiger partial charge in [0.05, 0.1) is 0 Å². The van der Waals surface area contributed by atoms with Crippen LogP contribution in [0.15, 0.2) is 48.3 Å². The van der Waals surface area contributed by atoms with E-state index in [4.69, 9.17) is 4.74 Å². The summed E-state index contributed by atoms with van der Waals surface area (Å²) < 4.78 is 6.35. The van der Waals surface area contributed by atoms with Crippen molar-refractivity contribution in [2.24, 2.45) is 0 Å². The Labute approximate surface area is 106 Å². The third kappa shape index (κ3) is 2.57. The SMILES string of the molecule is O=C1C=CC(=O)C(Oc2cccc(I)c2)=C1. The van der Waals surface area contributed by atoms with Gasteiger partial charge in [-0.3, -0.25) is 9.59 Å². The number of ketones is 2. The predicted molar refractivity (Wildman–Crippen MR) is 67.0 cm³/mol. The number of hydrogen-bond donors (Lipinski definition) is 0. The summed E-state index contributed by atoms with van der Waals surface area (Å²) in [5.41, 5.74) is 0. The van der Waals surface area contributed by atoms with Gasteiger partial charge < -0.3 is 4.74 Å². The van der Waals surface area contributed by atoms with Crippen LogP contribution in [-0.4, -0.2) is 11.6 Å². The van der Waals surface area contributed by atoms with Gasteiger partial charge in [0, 0.05) is 9.65 Å². The minimum absolute atomic E-state index is 0.0644. The Kier molecular flexibility index (Phi) is 3.19. The van der Waals surface area contributed by atoms with Gasteiger partial charge in [0.2, 0.25) is 5.78 Å². The number of hydrogen-bond acceptors (Lipinski definition) is 3. The molecule has 0 saturated carbocycles. The third-order valence-corrected chi connectivity index (χ3v) is 2.61. The minimum atomic E-state index is -0.293. The van der Waals surface area contributed by atoms with E-state index in [0.29, 0.717) is 5.75 Å². The first-order chi connectivity index (χ1) is 7.65. The molecular formula is C12H7IO3. The van der Waals surface area contributed by atoms with Crippen molar-refractivity contribution in [3.05, 3.63) is 51.8 Å². The zero-order valence-corrected chi connectivity index (χ0v) is 10.3. The molecule has 80 valence electrons. The molecule has 1 aromatic carbocycles. The third-order valence-electron chi connectivity index (χ3n) is 1.94. The largest absolute Gasteiger partial charge is 0.453 e. The Balaban J connectivity index is 2.22. The second-order valence-corrected chi connectivity index (χ2v) is 4.41. The second kappa shape index (κ2) is 4.61. The first-order valence-electron chi connectivity index (χ1n) is 4.56. The molecule has 0 saturated heterocycles. The highest BCUT2D eigenvalue weighted by atomic mass is 127. The maximum absolute atomic E-state index is 11.4. The summed E-state index contributed by atoms with van der Waals surface area (Å²) in [6.45, 7) is 0. The molecule has 0 aromatic heterocycles. The zero-order valence-electron chi connectivity index (χ0n) is 8.14. The van der Waals surface area contributed by atoms with Crippen LogP contribution < -0.4 is 4.74 Å². The van der Waals surface area contributed by atoms with E-state index >= 15 is 0 Å². The van der Waals surface area contributed by atoms with Crippen LogP contribution in [0.2, 0.25) is 0 Å². The van der Waals surface area contributed by atoms with Crippen molar-refractivity contribution in [1.29, 1.82) is 0 Å². The lowest BCUT2D eigenvalue weighted by atomic mass is 10.1. The molecule has 0 spiro atoms. The van der Waals surface area contributed by atoms with E-state index < -0.39 is 0 Å². The zero-order chi connectivity index (χ0) is 11.5. The van der Waals surface area contributed by atoms with E-state index in [1.54, 1.807) is 12.1 Å². The molecule has 3 nitrogen and oxygen atoms in total. The first-order valence-corrected chi connectivity index (χ1v) is 5.64. The quantitative estimate of drug-likeness (QED) is 0.619. The van der Waals surface area contributed by atoms with Crippen LogP contribution in [0.3, 0.4) is 0 Å². The second-order valence-electron chi connectivity index (χ2n) is 3.17. The van der Waals surface area contributed by atoms with Crippen LogP contribution in [-0.2, 0) is 9.59 Å².